The zero-order valence-corrected chi connectivity index (χ0v) is 16.2. The lowest BCUT2D eigenvalue weighted by atomic mass is 10.2. The van der Waals surface area contributed by atoms with Crippen molar-refractivity contribution in [1.82, 2.24) is 15.0 Å². The number of hydrazone groups is 1. The molecule has 2 aliphatic heterocycles. The number of anilines is 3. The monoisotopic (exact) mass is 403 g/mol. The van der Waals surface area contributed by atoms with Crippen molar-refractivity contribution in [2.24, 2.45) is 5.10 Å². The summed E-state index contributed by atoms with van der Waals surface area (Å²) in [5.41, 5.74) is 3.72. The third-order valence-electron chi connectivity index (χ3n) is 4.47. The number of benzene rings is 1. The van der Waals surface area contributed by atoms with Crippen molar-refractivity contribution in [2.75, 3.05) is 67.8 Å². The van der Waals surface area contributed by atoms with Crippen LogP contribution in [0.4, 0.5) is 17.8 Å². The van der Waals surface area contributed by atoms with Gasteiger partial charge in [0.15, 0.2) is 0 Å². The second-order valence-corrected chi connectivity index (χ2v) is 6.76. The number of aromatic nitrogens is 3. The molecule has 9 nitrogen and oxygen atoms in total. The highest BCUT2D eigenvalue weighted by Crippen LogP contribution is 2.19. The van der Waals surface area contributed by atoms with Gasteiger partial charge in [-0.2, -0.15) is 20.1 Å². The molecule has 28 heavy (non-hydrogen) atoms. The highest BCUT2D eigenvalue weighted by atomic mass is 35.5. The number of halogens is 1. The first-order valence-corrected chi connectivity index (χ1v) is 9.62. The number of nitrogens with one attached hydrogen (secondary N) is 1. The third-order valence-corrected chi connectivity index (χ3v) is 4.82. The van der Waals surface area contributed by atoms with Crippen LogP contribution in [0.5, 0.6) is 0 Å². The van der Waals surface area contributed by atoms with Crippen molar-refractivity contribution < 1.29 is 9.47 Å². The van der Waals surface area contributed by atoms with Crippen molar-refractivity contribution in [3.63, 3.8) is 0 Å². The highest BCUT2D eigenvalue weighted by Gasteiger charge is 2.20. The van der Waals surface area contributed by atoms with E-state index in [1.807, 2.05) is 24.3 Å². The lowest BCUT2D eigenvalue weighted by Crippen LogP contribution is -2.40. The van der Waals surface area contributed by atoms with Crippen molar-refractivity contribution in [3.05, 3.63) is 34.9 Å². The Hall–Kier alpha value is -2.49. The Morgan fingerprint density at radius 3 is 2.04 bits per heavy atom. The molecule has 2 saturated heterocycles. The SMILES string of the molecule is Clc1ccccc1C=NNc1nc(N2CCOCC2)nc(N2CCOCC2)n1. The van der Waals surface area contributed by atoms with Crippen molar-refractivity contribution in [2.45, 2.75) is 0 Å². The molecule has 2 fully saturated rings. The van der Waals surface area contributed by atoms with E-state index in [0.717, 1.165) is 31.7 Å². The minimum absolute atomic E-state index is 0.390. The maximum absolute atomic E-state index is 6.16. The normalized spacial score (nSPS) is 17.9. The molecule has 2 aliphatic rings. The summed E-state index contributed by atoms with van der Waals surface area (Å²) in [7, 11) is 0. The smallest absolute Gasteiger partial charge is 0.250 e. The Morgan fingerprint density at radius 2 is 1.46 bits per heavy atom. The van der Waals surface area contributed by atoms with Crippen LogP contribution in [0.25, 0.3) is 0 Å². The molecule has 0 bridgehead atoms. The summed E-state index contributed by atoms with van der Waals surface area (Å²) in [5, 5.41) is 4.88. The van der Waals surface area contributed by atoms with Crippen LogP contribution in [0.15, 0.2) is 29.4 Å². The maximum atomic E-state index is 6.16. The number of rotatable bonds is 5. The standard InChI is InChI=1S/C18H22ClN7O2/c19-15-4-2-1-3-14(15)13-20-24-16-21-17(25-5-9-27-10-6-25)23-18(22-16)26-7-11-28-12-8-26/h1-4,13H,5-12H2,(H,21,22,23,24). The van der Waals surface area contributed by atoms with E-state index in [4.69, 9.17) is 21.1 Å². The first kappa shape index (κ1) is 18.9. The van der Waals surface area contributed by atoms with Crippen molar-refractivity contribution in [3.8, 4) is 0 Å². The molecule has 0 radical (unpaired) electrons. The molecule has 0 amide bonds. The molecule has 1 aromatic heterocycles. The van der Waals surface area contributed by atoms with Crippen LogP contribution in [0.1, 0.15) is 5.56 Å². The molecule has 10 heteroatoms. The summed E-state index contributed by atoms with van der Waals surface area (Å²) in [6.45, 7) is 5.61. The van der Waals surface area contributed by atoms with Gasteiger partial charge in [-0.3, -0.25) is 0 Å². The average molecular weight is 404 g/mol. The Kier molecular flexibility index (Phi) is 6.15. The Labute approximate surface area is 168 Å². The lowest BCUT2D eigenvalue weighted by Gasteiger charge is -2.30. The predicted octanol–water partition coefficient (Wildman–Crippen LogP) is 1.64. The predicted molar refractivity (Wildman–Crippen MR) is 109 cm³/mol. The van der Waals surface area contributed by atoms with Gasteiger partial charge in [-0.1, -0.05) is 29.8 Å². The first-order valence-electron chi connectivity index (χ1n) is 9.25. The third kappa shape index (κ3) is 4.67. The van der Waals surface area contributed by atoms with Crippen LogP contribution >= 0.6 is 11.6 Å². The number of hydrogen-bond acceptors (Lipinski definition) is 9. The number of morpholine rings is 2. The Balaban J connectivity index is 1.56. The first-order chi connectivity index (χ1) is 13.8. The fourth-order valence-electron chi connectivity index (χ4n) is 2.95. The van der Waals surface area contributed by atoms with Gasteiger partial charge in [0.1, 0.15) is 0 Å². The van der Waals surface area contributed by atoms with Gasteiger partial charge in [-0.25, -0.2) is 5.43 Å². The summed E-state index contributed by atoms with van der Waals surface area (Å²) >= 11 is 6.16. The van der Waals surface area contributed by atoms with Gasteiger partial charge < -0.3 is 19.3 Å². The van der Waals surface area contributed by atoms with E-state index in [9.17, 15) is 0 Å². The van der Waals surface area contributed by atoms with E-state index in [1.165, 1.54) is 0 Å². The molecule has 148 valence electrons. The molecule has 0 atom stereocenters. The lowest BCUT2D eigenvalue weighted by molar-refractivity contribution is 0.121. The van der Waals surface area contributed by atoms with Crippen molar-refractivity contribution in [1.29, 1.82) is 0 Å². The molecule has 4 rings (SSSR count). The summed E-state index contributed by atoms with van der Waals surface area (Å²) in [6, 6.07) is 7.49. The molecule has 0 aliphatic carbocycles. The van der Waals surface area contributed by atoms with Crippen LogP contribution in [-0.4, -0.2) is 73.8 Å². The second kappa shape index (κ2) is 9.13. The quantitative estimate of drug-likeness (QED) is 0.595. The molecule has 2 aromatic rings. The number of nitrogens with zero attached hydrogens (tertiary/aromatic N) is 6. The molecule has 0 spiro atoms. The van der Waals surface area contributed by atoms with Gasteiger partial charge in [0.2, 0.25) is 17.8 Å². The zero-order chi connectivity index (χ0) is 19.2. The Morgan fingerprint density at radius 1 is 0.893 bits per heavy atom. The van der Waals surface area contributed by atoms with Gasteiger partial charge in [0, 0.05) is 36.8 Å². The molecule has 3 heterocycles. The molecule has 1 aromatic carbocycles. The molecular formula is C18H22ClN7O2. The van der Waals surface area contributed by atoms with Crippen LogP contribution in [0, 0.1) is 0 Å². The largest absolute Gasteiger partial charge is 0.378 e. The topological polar surface area (TPSA) is 88.0 Å². The van der Waals surface area contributed by atoms with Gasteiger partial charge in [-0.05, 0) is 6.07 Å². The average Bonchev–Trinajstić information content (AvgIpc) is 2.76. The van der Waals surface area contributed by atoms with Crippen LogP contribution < -0.4 is 15.2 Å². The van der Waals surface area contributed by atoms with Gasteiger partial charge in [-0.15, -0.1) is 0 Å². The van der Waals surface area contributed by atoms with Gasteiger partial charge >= 0.3 is 0 Å². The van der Waals surface area contributed by atoms with E-state index >= 15 is 0 Å². The molecule has 0 saturated carbocycles. The fraction of sp³-hybridized carbons (Fsp3) is 0.444. The maximum Gasteiger partial charge on any atom is 0.250 e. The van der Waals surface area contributed by atoms with E-state index in [2.05, 4.69) is 35.3 Å². The minimum Gasteiger partial charge on any atom is -0.378 e. The van der Waals surface area contributed by atoms with E-state index in [1.54, 1.807) is 6.21 Å². The zero-order valence-electron chi connectivity index (χ0n) is 15.4. The second-order valence-electron chi connectivity index (χ2n) is 6.35. The molecule has 1 N–H and O–H groups in total. The van der Waals surface area contributed by atoms with Gasteiger partial charge in [0.05, 0.1) is 32.6 Å². The van der Waals surface area contributed by atoms with Crippen LogP contribution in [0.3, 0.4) is 0 Å². The summed E-state index contributed by atoms with van der Waals surface area (Å²) < 4.78 is 10.9. The number of ether oxygens (including phenoxy) is 2. The van der Waals surface area contributed by atoms with E-state index in [0.29, 0.717) is 49.3 Å². The van der Waals surface area contributed by atoms with E-state index < -0.39 is 0 Å². The van der Waals surface area contributed by atoms with Crippen LogP contribution in [-0.2, 0) is 9.47 Å². The highest BCUT2D eigenvalue weighted by molar-refractivity contribution is 6.33. The fourth-order valence-corrected chi connectivity index (χ4v) is 3.14. The summed E-state index contributed by atoms with van der Waals surface area (Å²) in [4.78, 5) is 17.9. The summed E-state index contributed by atoms with van der Waals surface area (Å²) in [5.74, 6) is 1.63. The summed E-state index contributed by atoms with van der Waals surface area (Å²) in [6.07, 6.45) is 1.65. The minimum atomic E-state index is 0.390. The van der Waals surface area contributed by atoms with E-state index in [-0.39, 0.29) is 0 Å². The molecule has 0 unspecified atom stereocenters. The van der Waals surface area contributed by atoms with Crippen molar-refractivity contribution >= 4 is 35.7 Å². The Bertz CT molecular complexity index is 787. The number of hydrogen-bond donors (Lipinski definition) is 1. The van der Waals surface area contributed by atoms with Gasteiger partial charge in [0.25, 0.3) is 0 Å². The molecular weight excluding hydrogens is 382 g/mol. The van der Waals surface area contributed by atoms with Crippen LogP contribution in [0.2, 0.25) is 5.02 Å².